The van der Waals surface area contributed by atoms with Gasteiger partial charge >= 0.3 is 0 Å². The van der Waals surface area contributed by atoms with E-state index in [1.807, 2.05) is 12.1 Å². The lowest BCUT2D eigenvalue weighted by molar-refractivity contribution is 0.277. The average molecular weight is 253 g/mol. The van der Waals surface area contributed by atoms with Crippen LogP contribution in [0, 0.1) is 5.92 Å². The molecule has 1 aromatic heterocycles. The van der Waals surface area contributed by atoms with Gasteiger partial charge in [0.05, 0.1) is 17.3 Å². The molecule has 1 aromatic rings. The molecule has 4 heteroatoms. The summed E-state index contributed by atoms with van der Waals surface area (Å²) in [6.45, 7) is 1.03. The van der Waals surface area contributed by atoms with Crippen LogP contribution in [-0.4, -0.2) is 22.7 Å². The quantitative estimate of drug-likeness (QED) is 0.875. The van der Waals surface area contributed by atoms with Crippen LogP contribution >= 0.6 is 11.6 Å². The van der Waals surface area contributed by atoms with Crippen LogP contribution in [0.4, 0.5) is 5.82 Å². The first kappa shape index (κ1) is 11.3. The number of aliphatic hydroxyl groups is 1. The highest BCUT2D eigenvalue weighted by Crippen LogP contribution is 2.37. The lowest BCUT2D eigenvalue weighted by Crippen LogP contribution is -2.29. The van der Waals surface area contributed by atoms with Crippen molar-refractivity contribution in [2.45, 2.75) is 38.3 Å². The van der Waals surface area contributed by atoms with Gasteiger partial charge in [-0.05, 0) is 43.7 Å². The van der Waals surface area contributed by atoms with Crippen LogP contribution in [0.15, 0.2) is 12.1 Å². The summed E-state index contributed by atoms with van der Waals surface area (Å²) < 4.78 is 0. The lowest BCUT2D eigenvalue weighted by atomic mass is 10.3. The van der Waals surface area contributed by atoms with E-state index >= 15 is 0 Å². The molecule has 0 radical (unpaired) electrons. The van der Waals surface area contributed by atoms with Crippen molar-refractivity contribution < 1.29 is 5.11 Å². The number of pyridine rings is 1. The Hall–Kier alpha value is -0.800. The first-order valence-corrected chi connectivity index (χ1v) is 6.68. The number of hydrogen-bond acceptors (Lipinski definition) is 3. The first-order valence-electron chi connectivity index (χ1n) is 6.31. The molecule has 0 saturated heterocycles. The van der Waals surface area contributed by atoms with Crippen LogP contribution < -0.4 is 4.90 Å². The number of anilines is 1. The van der Waals surface area contributed by atoms with E-state index in [9.17, 15) is 5.11 Å². The van der Waals surface area contributed by atoms with Crippen LogP contribution in [0.3, 0.4) is 0 Å². The van der Waals surface area contributed by atoms with Gasteiger partial charge in [-0.25, -0.2) is 4.98 Å². The molecule has 0 aliphatic heterocycles. The zero-order chi connectivity index (χ0) is 11.8. The second-order valence-corrected chi connectivity index (χ2v) is 5.49. The van der Waals surface area contributed by atoms with E-state index in [4.69, 9.17) is 11.6 Å². The number of nitrogens with zero attached hydrogens (tertiary/aromatic N) is 2. The Morgan fingerprint density at radius 1 is 1.29 bits per heavy atom. The van der Waals surface area contributed by atoms with Gasteiger partial charge in [0.2, 0.25) is 0 Å². The molecule has 2 aliphatic rings. The van der Waals surface area contributed by atoms with Gasteiger partial charge in [-0.3, -0.25) is 0 Å². The summed E-state index contributed by atoms with van der Waals surface area (Å²) in [5.74, 6) is 1.83. The van der Waals surface area contributed by atoms with Crippen molar-refractivity contribution in [3.05, 3.63) is 22.8 Å². The summed E-state index contributed by atoms with van der Waals surface area (Å²) in [4.78, 5) is 6.87. The summed E-state index contributed by atoms with van der Waals surface area (Å²) >= 11 is 5.97. The smallest absolute Gasteiger partial charge is 0.129 e. The summed E-state index contributed by atoms with van der Waals surface area (Å²) in [6, 6.07) is 4.48. The third kappa shape index (κ3) is 2.55. The van der Waals surface area contributed by atoms with Gasteiger partial charge in [-0.15, -0.1) is 0 Å². The highest BCUT2D eigenvalue weighted by Gasteiger charge is 2.34. The molecule has 17 heavy (non-hydrogen) atoms. The highest BCUT2D eigenvalue weighted by atomic mass is 35.5. The van der Waals surface area contributed by atoms with Crippen molar-refractivity contribution >= 4 is 17.4 Å². The molecule has 0 spiro atoms. The van der Waals surface area contributed by atoms with E-state index < -0.39 is 0 Å². The van der Waals surface area contributed by atoms with Gasteiger partial charge in [0, 0.05) is 12.6 Å². The van der Waals surface area contributed by atoms with Crippen LogP contribution in [0.1, 0.15) is 31.4 Å². The molecular weight excluding hydrogens is 236 g/mol. The maximum Gasteiger partial charge on any atom is 0.129 e. The molecule has 0 atom stereocenters. The molecule has 0 bridgehead atoms. The molecule has 0 amide bonds. The molecule has 3 rings (SSSR count). The molecule has 0 aromatic carbocycles. The SMILES string of the molecule is OCc1nc(N(CC2CC2)C2CC2)ccc1Cl. The van der Waals surface area contributed by atoms with Gasteiger partial charge in [0.15, 0.2) is 0 Å². The van der Waals surface area contributed by atoms with Gasteiger partial charge < -0.3 is 10.0 Å². The van der Waals surface area contributed by atoms with Crippen LogP contribution in [0.2, 0.25) is 5.02 Å². The first-order chi connectivity index (χ1) is 8.28. The van der Waals surface area contributed by atoms with Crippen LogP contribution in [0.5, 0.6) is 0 Å². The second kappa shape index (κ2) is 4.46. The maximum absolute atomic E-state index is 9.21. The van der Waals surface area contributed by atoms with Crippen molar-refractivity contribution in [3.63, 3.8) is 0 Å². The van der Waals surface area contributed by atoms with E-state index in [1.54, 1.807) is 0 Å². The standard InChI is InChI=1S/C13H17ClN2O/c14-11-5-6-13(15-12(11)8-17)16(10-3-4-10)7-9-1-2-9/h5-6,9-10,17H,1-4,7-8H2. The van der Waals surface area contributed by atoms with Crippen molar-refractivity contribution in [1.82, 2.24) is 4.98 Å². The molecule has 92 valence electrons. The van der Waals surface area contributed by atoms with E-state index in [1.165, 1.54) is 25.7 Å². The minimum absolute atomic E-state index is 0.0887. The fourth-order valence-corrected chi connectivity index (χ4v) is 2.30. The zero-order valence-electron chi connectivity index (χ0n) is 9.77. The van der Waals surface area contributed by atoms with Crippen LogP contribution in [0.25, 0.3) is 0 Å². The predicted molar refractivity (Wildman–Crippen MR) is 68.3 cm³/mol. The van der Waals surface area contributed by atoms with E-state index in [0.717, 1.165) is 18.3 Å². The fraction of sp³-hybridized carbons (Fsp3) is 0.615. The molecule has 2 fully saturated rings. The second-order valence-electron chi connectivity index (χ2n) is 5.08. The molecule has 2 saturated carbocycles. The Morgan fingerprint density at radius 2 is 2.06 bits per heavy atom. The number of aliphatic hydroxyl groups excluding tert-OH is 1. The van der Waals surface area contributed by atoms with Crippen molar-refractivity contribution in [2.75, 3.05) is 11.4 Å². The normalized spacial score (nSPS) is 19.4. The Kier molecular flexibility index (Phi) is 2.97. The highest BCUT2D eigenvalue weighted by molar-refractivity contribution is 6.31. The van der Waals surface area contributed by atoms with Crippen LogP contribution in [-0.2, 0) is 6.61 Å². The van der Waals surface area contributed by atoms with Crippen molar-refractivity contribution in [1.29, 1.82) is 0 Å². The van der Waals surface area contributed by atoms with Gasteiger partial charge in [0.1, 0.15) is 5.82 Å². The van der Waals surface area contributed by atoms with E-state index in [-0.39, 0.29) is 6.61 Å². The maximum atomic E-state index is 9.21. The molecule has 1 heterocycles. The molecule has 0 unspecified atom stereocenters. The Balaban J connectivity index is 1.83. The Labute approximate surface area is 106 Å². The Bertz CT molecular complexity index is 416. The monoisotopic (exact) mass is 252 g/mol. The number of rotatable bonds is 5. The fourth-order valence-electron chi connectivity index (χ4n) is 2.14. The van der Waals surface area contributed by atoms with Crippen molar-refractivity contribution in [2.24, 2.45) is 5.92 Å². The minimum Gasteiger partial charge on any atom is -0.390 e. The van der Waals surface area contributed by atoms with Gasteiger partial charge in [-0.1, -0.05) is 11.6 Å². The Morgan fingerprint density at radius 3 is 2.65 bits per heavy atom. The molecule has 3 nitrogen and oxygen atoms in total. The summed E-state index contributed by atoms with van der Waals surface area (Å²) in [5, 5.41) is 9.76. The van der Waals surface area contributed by atoms with Gasteiger partial charge in [-0.2, -0.15) is 0 Å². The summed E-state index contributed by atoms with van der Waals surface area (Å²) in [6.07, 6.45) is 5.24. The summed E-state index contributed by atoms with van der Waals surface area (Å²) in [7, 11) is 0. The van der Waals surface area contributed by atoms with Crippen molar-refractivity contribution in [3.8, 4) is 0 Å². The topological polar surface area (TPSA) is 36.4 Å². The number of halogens is 1. The molecule has 1 N–H and O–H groups in total. The third-order valence-electron chi connectivity index (χ3n) is 3.49. The largest absolute Gasteiger partial charge is 0.390 e. The van der Waals surface area contributed by atoms with Gasteiger partial charge in [0.25, 0.3) is 0 Å². The number of aromatic nitrogens is 1. The predicted octanol–water partition coefficient (Wildman–Crippen LogP) is 2.61. The average Bonchev–Trinajstić information content (AvgIpc) is 3.19. The van der Waals surface area contributed by atoms with E-state index in [2.05, 4.69) is 9.88 Å². The third-order valence-corrected chi connectivity index (χ3v) is 3.83. The minimum atomic E-state index is -0.0887. The van der Waals surface area contributed by atoms with E-state index in [0.29, 0.717) is 16.8 Å². The molecular formula is C13H17ClN2O. The zero-order valence-corrected chi connectivity index (χ0v) is 10.5. The number of hydrogen-bond donors (Lipinski definition) is 1. The summed E-state index contributed by atoms with van der Waals surface area (Å²) in [5.41, 5.74) is 0.589. The lowest BCUT2D eigenvalue weighted by Gasteiger charge is -2.24. The molecule has 2 aliphatic carbocycles.